The Morgan fingerprint density at radius 3 is 2.20 bits per heavy atom. The van der Waals surface area contributed by atoms with E-state index >= 15 is 0 Å². The van der Waals surface area contributed by atoms with Crippen LogP contribution >= 0.6 is 0 Å². The minimum Gasteiger partial charge on any atom is -0.329 e. The highest BCUT2D eigenvalue weighted by atomic mass is 15.2. The van der Waals surface area contributed by atoms with Crippen LogP contribution in [0.3, 0.4) is 0 Å². The van der Waals surface area contributed by atoms with Crippen molar-refractivity contribution in [2.24, 2.45) is 11.7 Å². The van der Waals surface area contributed by atoms with E-state index in [-0.39, 0.29) is 0 Å². The van der Waals surface area contributed by atoms with Gasteiger partial charge in [-0.1, -0.05) is 40.0 Å². The second-order valence-corrected chi connectivity index (χ2v) is 5.42. The number of likely N-dealkylation sites (N-methyl/N-ethyl adjacent to an activating group) is 1. The molecule has 1 aliphatic rings. The van der Waals surface area contributed by atoms with Crippen LogP contribution in [0.25, 0.3) is 0 Å². The van der Waals surface area contributed by atoms with Crippen molar-refractivity contribution in [2.45, 2.75) is 58.4 Å². The molecule has 1 fully saturated rings. The third kappa shape index (κ3) is 3.18. The van der Waals surface area contributed by atoms with Gasteiger partial charge < -0.3 is 5.73 Å². The van der Waals surface area contributed by atoms with Crippen LogP contribution < -0.4 is 5.73 Å². The van der Waals surface area contributed by atoms with E-state index in [1.807, 2.05) is 0 Å². The molecule has 2 nitrogen and oxygen atoms in total. The van der Waals surface area contributed by atoms with Crippen LogP contribution in [0.1, 0.15) is 52.9 Å². The number of rotatable bonds is 5. The summed E-state index contributed by atoms with van der Waals surface area (Å²) in [5, 5.41) is 0. The molecule has 0 atom stereocenters. The zero-order chi connectivity index (χ0) is 11.3. The lowest BCUT2D eigenvalue weighted by Crippen LogP contribution is -2.55. The summed E-state index contributed by atoms with van der Waals surface area (Å²) in [5.74, 6) is 0.746. The monoisotopic (exact) mass is 212 g/mol. The van der Waals surface area contributed by atoms with Gasteiger partial charge in [0.05, 0.1) is 0 Å². The van der Waals surface area contributed by atoms with Crippen LogP contribution in [0.2, 0.25) is 0 Å². The highest BCUT2D eigenvalue weighted by molar-refractivity contribution is 4.94. The fraction of sp³-hybridized carbons (Fsp3) is 1.00. The largest absolute Gasteiger partial charge is 0.329 e. The second kappa shape index (κ2) is 5.86. The first-order chi connectivity index (χ1) is 7.14. The van der Waals surface area contributed by atoms with Gasteiger partial charge in [0.2, 0.25) is 0 Å². The third-order valence-corrected chi connectivity index (χ3v) is 3.80. The molecule has 0 amide bonds. The topological polar surface area (TPSA) is 29.3 Å². The second-order valence-electron chi connectivity index (χ2n) is 5.42. The first-order valence-corrected chi connectivity index (χ1v) is 6.60. The molecule has 2 heteroatoms. The molecule has 0 saturated heterocycles. The number of nitrogens with two attached hydrogens (primary N) is 1. The Balaban J connectivity index is 2.67. The predicted octanol–water partition coefficient (Wildman–Crippen LogP) is 2.63. The first-order valence-electron chi connectivity index (χ1n) is 6.60. The van der Waals surface area contributed by atoms with Crippen LogP contribution in [0.4, 0.5) is 0 Å². The van der Waals surface area contributed by atoms with Crippen molar-refractivity contribution in [3.05, 3.63) is 0 Å². The van der Waals surface area contributed by atoms with Crippen LogP contribution in [-0.4, -0.2) is 30.1 Å². The van der Waals surface area contributed by atoms with Gasteiger partial charge in [-0.2, -0.15) is 0 Å². The lowest BCUT2D eigenvalue weighted by molar-refractivity contribution is 0.0515. The lowest BCUT2D eigenvalue weighted by Gasteiger charge is -2.46. The van der Waals surface area contributed by atoms with Gasteiger partial charge >= 0.3 is 0 Å². The summed E-state index contributed by atoms with van der Waals surface area (Å²) in [5.41, 5.74) is 6.38. The summed E-state index contributed by atoms with van der Waals surface area (Å²) in [6, 6.07) is 0. The maximum Gasteiger partial charge on any atom is 0.0331 e. The minimum atomic E-state index is 0.331. The molecule has 2 N–H and O–H groups in total. The van der Waals surface area contributed by atoms with Gasteiger partial charge in [-0.25, -0.2) is 0 Å². The average Bonchev–Trinajstić information content (AvgIpc) is 2.26. The summed E-state index contributed by atoms with van der Waals surface area (Å²) in [7, 11) is 0. The first kappa shape index (κ1) is 13.0. The van der Waals surface area contributed by atoms with E-state index in [1.54, 1.807) is 0 Å². The van der Waals surface area contributed by atoms with E-state index in [0.717, 1.165) is 19.0 Å². The number of hydrogen-bond acceptors (Lipinski definition) is 2. The van der Waals surface area contributed by atoms with Crippen LogP contribution in [-0.2, 0) is 0 Å². The van der Waals surface area contributed by atoms with Gasteiger partial charge in [-0.05, 0) is 25.3 Å². The van der Waals surface area contributed by atoms with Crippen molar-refractivity contribution in [1.82, 2.24) is 4.90 Å². The van der Waals surface area contributed by atoms with Gasteiger partial charge in [0.15, 0.2) is 0 Å². The summed E-state index contributed by atoms with van der Waals surface area (Å²) < 4.78 is 0. The molecule has 0 bridgehead atoms. The maximum absolute atomic E-state index is 6.05. The summed E-state index contributed by atoms with van der Waals surface area (Å²) in [6.45, 7) is 10.1. The zero-order valence-corrected chi connectivity index (χ0v) is 10.8. The average molecular weight is 212 g/mol. The van der Waals surface area contributed by atoms with Crippen molar-refractivity contribution >= 4 is 0 Å². The smallest absolute Gasteiger partial charge is 0.0331 e. The summed E-state index contributed by atoms with van der Waals surface area (Å²) in [6.07, 6.45) is 6.76. The van der Waals surface area contributed by atoms with Crippen molar-refractivity contribution in [2.75, 3.05) is 19.6 Å². The minimum absolute atomic E-state index is 0.331. The molecule has 15 heavy (non-hydrogen) atoms. The van der Waals surface area contributed by atoms with E-state index in [4.69, 9.17) is 5.73 Å². The number of nitrogens with zero attached hydrogens (tertiary/aromatic N) is 1. The molecule has 0 aromatic carbocycles. The molecule has 0 heterocycles. The Morgan fingerprint density at radius 1 is 1.20 bits per heavy atom. The quantitative estimate of drug-likeness (QED) is 0.759. The Morgan fingerprint density at radius 2 is 1.80 bits per heavy atom. The molecule has 1 rings (SSSR count). The molecule has 0 spiro atoms. The Labute approximate surface area is 95.2 Å². The Hall–Kier alpha value is -0.0800. The summed E-state index contributed by atoms with van der Waals surface area (Å²) >= 11 is 0. The molecular weight excluding hydrogens is 184 g/mol. The molecule has 0 unspecified atom stereocenters. The Kier molecular flexibility index (Phi) is 5.07. The van der Waals surface area contributed by atoms with E-state index in [1.165, 1.54) is 38.6 Å². The van der Waals surface area contributed by atoms with Crippen molar-refractivity contribution in [3.8, 4) is 0 Å². The van der Waals surface area contributed by atoms with Gasteiger partial charge in [-0.15, -0.1) is 0 Å². The lowest BCUT2D eigenvalue weighted by atomic mass is 9.80. The molecule has 1 saturated carbocycles. The molecule has 1 aliphatic carbocycles. The highest BCUT2D eigenvalue weighted by Crippen LogP contribution is 2.33. The third-order valence-electron chi connectivity index (χ3n) is 3.80. The van der Waals surface area contributed by atoms with Crippen LogP contribution in [0, 0.1) is 5.92 Å². The highest BCUT2D eigenvalue weighted by Gasteiger charge is 2.35. The van der Waals surface area contributed by atoms with E-state index in [9.17, 15) is 0 Å². The molecule has 90 valence electrons. The van der Waals surface area contributed by atoms with E-state index in [0.29, 0.717) is 5.54 Å². The predicted molar refractivity (Wildman–Crippen MR) is 67.0 cm³/mol. The SMILES string of the molecule is CCN(CC(C)C)C1(CN)CCCCC1. The van der Waals surface area contributed by atoms with Gasteiger partial charge in [0.1, 0.15) is 0 Å². The van der Waals surface area contributed by atoms with Crippen molar-refractivity contribution in [3.63, 3.8) is 0 Å². The van der Waals surface area contributed by atoms with E-state index in [2.05, 4.69) is 25.7 Å². The molecular formula is C13H28N2. The van der Waals surface area contributed by atoms with Crippen molar-refractivity contribution < 1.29 is 0 Å². The van der Waals surface area contributed by atoms with Crippen LogP contribution in [0.5, 0.6) is 0 Å². The maximum atomic E-state index is 6.05. The normalized spacial score (nSPS) is 21.2. The van der Waals surface area contributed by atoms with Gasteiger partial charge in [-0.3, -0.25) is 4.90 Å². The standard InChI is InChI=1S/C13H28N2/c1-4-15(10-12(2)3)13(11-14)8-6-5-7-9-13/h12H,4-11,14H2,1-3H3. The Bertz CT molecular complexity index is 171. The van der Waals surface area contributed by atoms with Gasteiger partial charge in [0.25, 0.3) is 0 Å². The van der Waals surface area contributed by atoms with Gasteiger partial charge in [0, 0.05) is 18.6 Å². The van der Waals surface area contributed by atoms with E-state index < -0.39 is 0 Å². The number of hydrogen-bond donors (Lipinski definition) is 1. The zero-order valence-electron chi connectivity index (χ0n) is 10.8. The molecule has 0 aromatic heterocycles. The molecule has 0 aliphatic heterocycles. The fourth-order valence-electron chi connectivity index (χ4n) is 2.96. The molecule has 0 radical (unpaired) electrons. The van der Waals surface area contributed by atoms with Crippen molar-refractivity contribution in [1.29, 1.82) is 0 Å². The molecule has 0 aromatic rings. The van der Waals surface area contributed by atoms with Crippen LogP contribution in [0.15, 0.2) is 0 Å². The fourth-order valence-corrected chi connectivity index (χ4v) is 2.96. The summed E-state index contributed by atoms with van der Waals surface area (Å²) in [4.78, 5) is 2.64.